The lowest BCUT2D eigenvalue weighted by molar-refractivity contribution is -0.142. The van der Waals surface area contributed by atoms with E-state index in [4.69, 9.17) is 0 Å². The summed E-state index contributed by atoms with van der Waals surface area (Å²) in [7, 11) is 0. The van der Waals surface area contributed by atoms with Gasteiger partial charge in [0.1, 0.15) is 0 Å². The van der Waals surface area contributed by atoms with Gasteiger partial charge in [-0.3, -0.25) is 0 Å². The molecule has 0 bridgehead atoms. The second-order valence-electron chi connectivity index (χ2n) is 14.0. The molecule has 5 aliphatic carbocycles. The van der Waals surface area contributed by atoms with E-state index in [1.54, 1.807) is 0 Å². The van der Waals surface area contributed by atoms with Gasteiger partial charge in [-0.05, 0) is 128 Å². The first-order valence-electron chi connectivity index (χ1n) is 13.9. The quantitative estimate of drug-likeness (QED) is 0.441. The van der Waals surface area contributed by atoms with Crippen molar-refractivity contribution in [3.05, 3.63) is 12.2 Å². The van der Waals surface area contributed by atoms with Crippen molar-refractivity contribution in [1.29, 1.82) is 0 Å². The molecule has 0 saturated heterocycles. The zero-order valence-electron chi connectivity index (χ0n) is 21.5. The summed E-state index contributed by atoms with van der Waals surface area (Å²) in [6.45, 7) is 19.4. The van der Waals surface area contributed by atoms with Crippen LogP contribution in [0.25, 0.3) is 0 Å². The summed E-state index contributed by atoms with van der Waals surface area (Å²) in [6.07, 6.45) is 15.1. The molecule has 0 amide bonds. The van der Waals surface area contributed by atoms with Gasteiger partial charge >= 0.3 is 0 Å². The largest absolute Gasteiger partial charge is 0.393 e. The minimum atomic E-state index is -0.0356. The average molecular weight is 427 g/mol. The topological polar surface area (TPSA) is 20.2 Å². The van der Waals surface area contributed by atoms with Gasteiger partial charge in [0.2, 0.25) is 0 Å². The molecule has 5 aliphatic rings. The number of hydrogen-bond acceptors (Lipinski definition) is 1. The molecule has 0 unspecified atom stereocenters. The van der Waals surface area contributed by atoms with Crippen molar-refractivity contribution in [3.8, 4) is 0 Å². The Labute approximate surface area is 192 Å². The summed E-state index contributed by atoms with van der Waals surface area (Å²) < 4.78 is 0. The Bertz CT molecular complexity index is 739. The van der Waals surface area contributed by atoms with Crippen molar-refractivity contribution in [3.63, 3.8) is 0 Å². The van der Waals surface area contributed by atoms with E-state index in [9.17, 15) is 5.11 Å². The Morgan fingerprint density at radius 1 is 0.935 bits per heavy atom. The van der Waals surface area contributed by atoms with Crippen molar-refractivity contribution in [2.75, 3.05) is 0 Å². The molecule has 0 aromatic heterocycles. The van der Waals surface area contributed by atoms with Crippen LogP contribution in [0.3, 0.4) is 0 Å². The highest BCUT2D eigenvalue weighted by atomic mass is 16.3. The maximum Gasteiger partial charge on any atom is 0.0568 e. The van der Waals surface area contributed by atoms with Gasteiger partial charge in [-0.15, -0.1) is 0 Å². The van der Waals surface area contributed by atoms with Gasteiger partial charge in [-0.1, -0.05) is 53.7 Å². The lowest BCUT2D eigenvalue weighted by Crippen LogP contribution is -2.55. The predicted octanol–water partition coefficient (Wildman–Crippen LogP) is 8.02. The summed E-state index contributed by atoms with van der Waals surface area (Å²) in [4.78, 5) is 0. The molecule has 1 N–H and O–H groups in total. The predicted molar refractivity (Wildman–Crippen MR) is 131 cm³/mol. The standard InChI is InChI=1S/C30H50O/c1-19(2)20(3)8-9-21(4)23-12-14-28(7)26-11-10-24-22(5)25(31)13-15-29(24)18-30(26,29)17-16-27(23,28)6/h19,21-26,31H,3,8-18H2,1-2,4-7H3/t21-,22-,23-,24+,25+,26+,27-,28+,29-,30+/m1/s1. The molecule has 0 aliphatic heterocycles. The van der Waals surface area contributed by atoms with Crippen molar-refractivity contribution in [2.45, 2.75) is 118 Å². The maximum absolute atomic E-state index is 10.6. The summed E-state index contributed by atoms with van der Waals surface area (Å²) >= 11 is 0. The van der Waals surface area contributed by atoms with Crippen LogP contribution in [0.2, 0.25) is 0 Å². The molecule has 1 nitrogen and oxygen atoms in total. The molecule has 0 heterocycles. The summed E-state index contributed by atoms with van der Waals surface area (Å²) in [5.41, 5.74) is 3.76. The van der Waals surface area contributed by atoms with E-state index in [1.165, 1.54) is 69.8 Å². The number of rotatable bonds is 5. The Kier molecular flexibility index (Phi) is 5.15. The van der Waals surface area contributed by atoms with Crippen LogP contribution in [0.4, 0.5) is 0 Å². The smallest absolute Gasteiger partial charge is 0.0568 e. The van der Waals surface area contributed by atoms with Crippen LogP contribution in [0, 0.1) is 57.2 Å². The second-order valence-corrected chi connectivity index (χ2v) is 14.0. The van der Waals surface area contributed by atoms with E-state index < -0.39 is 0 Å². The average Bonchev–Trinajstić information content (AvgIpc) is 3.31. The lowest BCUT2D eigenvalue weighted by Gasteiger charge is -2.62. The van der Waals surface area contributed by atoms with Crippen LogP contribution in [0.1, 0.15) is 112 Å². The molecule has 10 atom stereocenters. The molecule has 1 heteroatoms. The van der Waals surface area contributed by atoms with E-state index in [0.717, 1.165) is 30.1 Å². The first kappa shape index (κ1) is 22.5. The van der Waals surface area contributed by atoms with Crippen LogP contribution in [-0.4, -0.2) is 11.2 Å². The van der Waals surface area contributed by atoms with Gasteiger partial charge in [0, 0.05) is 0 Å². The highest BCUT2D eigenvalue weighted by Gasteiger charge is 2.81. The third-order valence-corrected chi connectivity index (χ3v) is 13.1. The Hall–Kier alpha value is -0.300. The fraction of sp³-hybridized carbons (Fsp3) is 0.933. The van der Waals surface area contributed by atoms with E-state index in [2.05, 4.69) is 48.1 Å². The number of fused-ring (bicyclic) bond motifs is 2. The third kappa shape index (κ3) is 2.77. The number of hydrogen-bond donors (Lipinski definition) is 1. The normalized spacial score (nSPS) is 53.9. The minimum Gasteiger partial charge on any atom is -0.393 e. The molecule has 0 radical (unpaired) electrons. The van der Waals surface area contributed by atoms with E-state index in [-0.39, 0.29) is 6.10 Å². The van der Waals surface area contributed by atoms with Gasteiger partial charge in [0.15, 0.2) is 0 Å². The summed E-state index contributed by atoms with van der Waals surface area (Å²) in [5, 5.41) is 10.6. The van der Waals surface area contributed by atoms with Crippen LogP contribution in [0.15, 0.2) is 12.2 Å². The van der Waals surface area contributed by atoms with Gasteiger partial charge in [-0.2, -0.15) is 0 Å². The van der Waals surface area contributed by atoms with Gasteiger partial charge in [0.05, 0.1) is 6.10 Å². The molecular weight excluding hydrogens is 376 g/mol. The van der Waals surface area contributed by atoms with Gasteiger partial charge < -0.3 is 5.11 Å². The van der Waals surface area contributed by atoms with Crippen LogP contribution < -0.4 is 0 Å². The molecule has 5 saturated carbocycles. The zero-order valence-corrected chi connectivity index (χ0v) is 21.5. The first-order valence-corrected chi connectivity index (χ1v) is 13.9. The van der Waals surface area contributed by atoms with Crippen molar-refractivity contribution in [2.24, 2.45) is 57.2 Å². The number of allylic oxidation sites excluding steroid dienone is 1. The second kappa shape index (κ2) is 7.10. The zero-order chi connectivity index (χ0) is 22.4. The van der Waals surface area contributed by atoms with Crippen LogP contribution in [-0.2, 0) is 0 Å². The molecule has 176 valence electrons. The van der Waals surface area contributed by atoms with Crippen LogP contribution in [0.5, 0.6) is 0 Å². The van der Waals surface area contributed by atoms with E-state index in [0.29, 0.717) is 33.5 Å². The third-order valence-electron chi connectivity index (χ3n) is 13.1. The monoisotopic (exact) mass is 426 g/mol. The molecule has 0 aromatic carbocycles. The molecular formula is C30H50O. The fourth-order valence-electron chi connectivity index (χ4n) is 10.9. The fourth-order valence-corrected chi connectivity index (χ4v) is 10.9. The van der Waals surface area contributed by atoms with E-state index >= 15 is 0 Å². The first-order chi connectivity index (χ1) is 14.5. The highest BCUT2D eigenvalue weighted by molar-refractivity contribution is 5.29. The summed E-state index contributed by atoms with van der Waals surface area (Å²) in [5.74, 6) is 4.63. The van der Waals surface area contributed by atoms with Crippen molar-refractivity contribution < 1.29 is 5.11 Å². The summed E-state index contributed by atoms with van der Waals surface area (Å²) in [6, 6.07) is 0. The number of aliphatic hydroxyl groups excluding tert-OH is 1. The minimum absolute atomic E-state index is 0.0356. The Morgan fingerprint density at radius 3 is 2.39 bits per heavy atom. The SMILES string of the molecule is C=C(CC[C@@H](C)[C@H]1CC[C@@]2(C)[C@@H]3CC[C@H]4[C@@H](C)[C@@H](O)CC[C@@]45C[C@@]35CC[C@]12C)C(C)C. The van der Waals surface area contributed by atoms with Gasteiger partial charge in [0.25, 0.3) is 0 Å². The number of aliphatic hydroxyl groups is 1. The highest BCUT2D eigenvalue weighted by Crippen LogP contribution is 2.88. The Morgan fingerprint density at radius 2 is 1.68 bits per heavy atom. The van der Waals surface area contributed by atoms with Crippen molar-refractivity contribution >= 4 is 0 Å². The molecule has 31 heavy (non-hydrogen) atoms. The lowest BCUT2D eigenvalue weighted by atomic mass is 9.43. The van der Waals surface area contributed by atoms with Gasteiger partial charge in [-0.25, -0.2) is 0 Å². The van der Waals surface area contributed by atoms with E-state index in [1.807, 2.05) is 0 Å². The molecule has 5 fully saturated rings. The molecule has 5 rings (SSSR count). The van der Waals surface area contributed by atoms with Crippen molar-refractivity contribution in [1.82, 2.24) is 0 Å². The van der Waals surface area contributed by atoms with Crippen LogP contribution >= 0.6 is 0 Å². The molecule has 0 aromatic rings. The molecule has 2 spiro atoms. The Balaban J connectivity index is 1.37. The maximum atomic E-state index is 10.6.